The van der Waals surface area contributed by atoms with E-state index in [1.54, 1.807) is 22.9 Å². The lowest BCUT2D eigenvalue weighted by molar-refractivity contribution is -0.0471. The molecule has 0 aliphatic carbocycles. The van der Waals surface area contributed by atoms with Gasteiger partial charge < -0.3 is 25.8 Å². The van der Waals surface area contributed by atoms with E-state index in [-0.39, 0.29) is 34.8 Å². The van der Waals surface area contributed by atoms with Crippen LogP contribution in [0.25, 0.3) is 17.2 Å². The van der Waals surface area contributed by atoms with Crippen molar-refractivity contribution in [3.05, 3.63) is 47.6 Å². The summed E-state index contributed by atoms with van der Waals surface area (Å²) in [4.78, 5) is 25.2. The third-order valence-corrected chi connectivity index (χ3v) is 6.57. The van der Waals surface area contributed by atoms with Crippen molar-refractivity contribution < 1.29 is 37.5 Å². The highest BCUT2D eigenvalue weighted by molar-refractivity contribution is 7.85. The van der Waals surface area contributed by atoms with Gasteiger partial charge in [0, 0.05) is 0 Å². The molecule has 5 rings (SSSR count). The first-order valence-electron chi connectivity index (χ1n) is 10.3. The predicted molar refractivity (Wildman–Crippen MR) is 119 cm³/mol. The summed E-state index contributed by atoms with van der Waals surface area (Å²) in [5, 5.41) is 31.4. The molecule has 1 saturated heterocycles. The summed E-state index contributed by atoms with van der Waals surface area (Å²) in [6.45, 7) is -0.722. The third-order valence-electron chi connectivity index (χ3n) is 5.69. The molecule has 2 aromatic heterocycles. The SMILES string of the molecule is Nc1ncnc2c1nc1n2[C@@H]2O[C@H](COS(=O)(=O)NC(=O)c3c(O)cccc3CC=C1)[C@@H](O)[C@H]2O. The van der Waals surface area contributed by atoms with Crippen LogP contribution in [0.5, 0.6) is 5.75 Å². The zero-order valence-electron chi connectivity index (χ0n) is 17.8. The Morgan fingerprint density at radius 3 is 2.80 bits per heavy atom. The minimum atomic E-state index is -4.66. The fourth-order valence-corrected chi connectivity index (χ4v) is 4.75. The maximum Gasteiger partial charge on any atom is 0.362 e. The zero-order valence-corrected chi connectivity index (χ0v) is 18.7. The van der Waals surface area contributed by atoms with Gasteiger partial charge in [0.1, 0.15) is 36.2 Å². The summed E-state index contributed by atoms with van der Waals surface area (Å²) in [6, 6.07) is 4.29. The van der Waals surface area contributed by atoms with Gasteiger partial charge in [-0.2, -0.15) is 8.42 Å². The number of hydrogen-bond donors (Lipinski definition) is 5. The van der Waals surface area contributed by atoms with Crippen molar-refractivity contribution in [2.24, 2.45) is 0 Å². The normalized spacial score (nSPS) is 26.4. The molecule has 0 unspecified atom stereocenters. The highest BCUT2D eigenvalue weighted by atomic mass is 32.2. The molecule has 0 radical (unpaired) electrons. The first-order chi connectivity index (χ1) is 16.7. The van der Waals surface area contributed by atoms with Gasteiger partial charge in [-0.1, -0.05) is 18.2 Å². The second kappa shape index (κ2) is 8.54. The van der Waals surface area contributed by atoms with Gasteiger partial charge in [-0.25, -0.2) is 19.7 Å². The van der Waals surface area contributed by atoms with Crippen LogP contribution in [0, 0.1) is 0 Å². The van der Waals surface area contributed by atoms with E-state index in [2.05, 4.69) is 15.0 Å². The zero-order chi connectivity index (χ0) is 24.9. The maximum absolute atomic E-state index is 12.7. The standard InChI is InChI=1S/C20H20N6O8S/c21-17-14-18(23-8-22-17)26-12(24-14)6-2-4-9-3-1-5-10(27)13(9)19(30)25-35(31,32)33-7-11-15(28)16(29)20(26)34-11/h1-3,5-6,8,11,15-16,20,27-29H,4,7H2,(H,25,30)(H2,21,22,23)/t11-,15-,16-,20-/m1/s1. The lowest BCUT2D eigenvalue weighted by Crippen LogP contribution is -2.38. The molecule has 14 nitrogen and oxygen atoms in total. The number of aliphatic hydroxyl groups excluding tert-OH is 2. The molecule has 4 heterocycles. The Balaban J connectivity index is 1.67. The molecule has 1 fully saturated rings. The Kier molecular flexibility index (Phi) is 5.65. The number of carbonyl (C=O) groups is 1. The summed E-state index contributed by atoms with van der Waals surface area (Å²) in [5.41, 5.74) is 6.43. The fourth-order valence-electron chi connectivity index (χ4n) is 4.05. The van der Waals surface area contributed by atoms with Gasteiger partial charge in [0.25, 0.3) is 5.91 Å². The predicted octanol–water partition coefficient (Wildman–Crippen LogP) is -1.01. The fraction of sp³-hybridized carbons (Fsp3) is 0.300. The first-order valence-corrected chi connectivity index (χ1v) is 11.8. The Bertz CT molecular complexity index is 1460. The molecule has 2 aliphatic heterocycles. The lowest BCUT2D eigenvalue weighted by Gasteiger charge is -2.18. The molecule has 184 valence electrons. The molecule has 0 spiro atoms. The Morgan fingerprint density at radius 2 is 2.00 bits per heavy atom. The molecule has 6 N–H and O–H groups in total. The number of ether oxygens (including phenoxy) is 1. The summed E-state index contributed by atoms with van der Waals surface area (Å²) in [5.74, 6) is -1.23. The molecular weight excluding hydrogens is 484 g/mol. The molecular formula is C20H20N6O8S. The van der Waals surface area contributed by atoms with E-state index in [4.69, 9.17) is 14.7 Å². The highest BCUT2D eigenvalue weighted by Gasteiger charge is 2.46. The average Bonchev–Trinajstić information content (AvgIpc) is 3.29. The van der Waals surface area contributed by atoms with Crippen LogP contribution in [0.1, 0.15) is 28.0 Å². The number of amides is 1. The second-order valence-electron chi connectivity index (χ2n) is 7.90. The van der Waals surface area contributed by atoms with Crippen LogP contribution >= 0.6 is 0 Å². The molecule has 2 aliphatic rings. The van der Waals surface area contributed by atoms with E-state index in [1.165, 1.54) is 23.0 Å². The summed E-state index contributed by atoms with van der Waals surface area (Å²) in [6.07, 6.45) is -1.13. The molecule has 0 saturated carbocycles. The van der Waals surface area contributed by atoms with Crippen molar-refractivity contribution in [1.29, 1.82) is 0 Å². The number of imidazole rings is 1. The van der Waals surface area contributed by atoms with E-state index in [9.17, 15) is 28.5 Å². The number of hydrogen-bond acceptors (Lipinski definition) is 12. The molecule has 1 aromatic carbocycles. The van der Waals surface area contributed by atoms with Crippen molar-refractivity contribution in [2.75, 3.05) is 12.3 Å². The Morgan fingerprint density at radius 1 is 1.20 bits per heavy atom. The van der Waals surface area contributed by atoms with Crippen LogP contribution in [0.2, 0.25) is 0 Å². The summed E-state index contributed by atoms with van der Waals surface area (Å²) >= 11 is 0. The number of nitrogen functional groups attached to an aromatic ring is 1. The minimum absolute atomic E-state index is 0.0729. The van der Waals surface area contributed by atoms with Crippen molar-refractivity contribution in [3.8, 4) is 5.75 Å². The van der Waals surface area contributed by atoms with Gasteiger partial charge in [0.05, 0.1) is 12.2 Å². The van der Waals surface area contributed by atoms with Gasteiger partial charge in [-0.15, -0.1) is 0 Å². The molecule has 35 heavy (non-hydrogen) atoms. The van der Waals surface area contributed by atoms with Crippen LogP contribution in [-0.2, 0) is 25.6 Å². The highest BCUT2D eigenvalue weighted by Crippen LogP contribution is 2.34. The first kappa shape index (κ1) is 23.1. The van der Waals surface area contributed by atoms with E-state index >= 15 is 0 Å². The average molecular weight is 504 g/mol. The van der Waals surface area contributed by atoms with Crippen LogP contribution < -0.4 is 10.5 Å². The quantitative estimate of drug-likeness (QED) is 0.249. The number of aliphatic hydroxyl groups is 2. The lowest BCUT2D eigenvalue weighted by atomic mass is 10.0. The molecule has 3 aromatic rings. The molecule has 2 bridgehead atoms. The second-order valence-corrected chi connectivity index (χ2v) is 9.25. The summed E-state index contributed by atoms with van der Waals surface area (Å²) in [7, 11) is -4.66. The van der Waals surface area contributed by atoms with Gasteiger partial charge >= 0.3 is 10.3 Å². The van der Waals surface area contributed by atoms with Crippen molar-refractivity contribution in [3.63, 3.8) is 0 Å². The number of phenolic OH excluding ortho intramolecular Hbond substituents is 1. The smallest absolute Gasteiger partial charge is 0.362 e. The number of benzene rings is 1. The number of nitrogens with one attached hydrogen (secondary N) is 1. The van der Waals surface area contributed by atoms with Crippen molar-refractivity contribution in [2.45, 2.75) is 31.0 Å². The topological polar surface area (TPSA) is 212 Å². The van der Waals surface area contributed by atoms with Crippen LogP contribution in [-0.4, -0.2) is 74.1 Å². The monoisotopic (exact) mass is 504 g/mol. The number of carbonyl (C=O) groups excluding carboxylic acids is 1. The van der Waals surface area contributed by atoms with E-state index < -0.39 is 53.1 Å². The number of allylic oxidation sites excluding steroid dienone is 1. The molecule has 15 heteroatoms. The number of phenols is 1. The minimum Gasteiger partial charge on any atom is -0.507 e. The van der Waals surface area contributed by atoms with E-state index in [0.717, 1.165) is 0 Å². The Labute approximate surface area is 197 Å². The summed E-state index contributed by atoms with van der Waals surface area (Å²) < 4.78 is 38.5. The number of nitrogens with two attached hydrogens (primary N) is 1. The molecule has 1 amide bonds. The number of aromatic hydroxyl groups is 1. The molecule has 4 atom stereocenters. The van der Waals surface area contributed by atoms with Gasteiger partial charge in [-0.05, 0) is 24.1 Å². The van der Waals surface area contributed by atoms with Crippen molar-refractivity contribution >= 4 is 39.3 Å². The maximum atomic E-state index is 12.7. The third kappa shape index (κ3) is 4.08. The Hall–Kier alpha value is -3.63. The van der Waals surface area contributed by atoms with Crippen LogP contribution in [0.3, 0.4) is 0 Å². The number of fused-ring (bicyclic) bond motifs is 7. The van der Waals surface area contributed by atoms with Crippen molar-refractivity contribution in [1.82, 2.24) is 24.2 Å². The number of anilines is 1. The largest absolute Gasteiger partial charge is 0.507 e. The van der Waals surface area contributed by atoms with E-state index in [0.29, 0.717) is 5.56 Å². The van der Waals surface area contributed by atoms with Gasteiger partial charge in [-0.3, -0.25) is 13.5 Å². The van der Waals surface area contributed by atoms with Gasteiger partial charge in [0.2, 0.25) is 0 Å². The number of aromatic nitrogens is 4. The van der Waals surface area contributed by atoms with Gasteiger partial charge in [0.15, 0.2) is 23.2 Å². The number of nitrogens with zero attached hydrogens (tertiary/aromatic N) is 4. The number of rotatable bonds is 0. The van der Waals surface area contributed by atoms with Crippen LogP contribution in [0.15, 0.2) is 30.6 Å². The van der Waals surface area contributed by atoms with E-state index in [1.807, 2.05) is 0 Å². The van der Waals surface area contributed by atoms with Crippen LogP contribution in [0.4, 0.5) is 5.82 Å².